The second-order valence-electron chi connectivity index (χ2n) is 0. The van der Waals surface area contributed by atoms with Gasteiger partial charge in [0, 0.05) is 72.6 Å². The second kappa shape index (κ2) is 15.8. The summed E-state index contributed by atoms with van der Waals surface area (Å²) in [5.74, 6) is 0. The molecule has 0 aromatic rings. The third kappa shape index (κ3) is 9.35. The van der Waals surface area contributed by atoms with Crippen molar-refractivity contribution >= 4 is 46.1 Å². The van der Waals surface area contributed by atoms with Crippen LogP contribution < -0.4 is 0 Å². The van der Waals surface area contributed by atoms with E-state index < -0.39 is 0 Å². The molecule has 0 rings (SSSR count). The zero-order valence-electron chi connectivity index (χ0n) is 0.931. The Hall–Kier alpha value is 3.96. The number of hydrogen-bond donors (Lipinski definition) is 0. The Kier molecular flexibility index (Phi) is 96.9. The first-order chi connectivity index (χ1) is 0. The first kappa shape index (κ1) is 24.6. The maximum absolute atomic E-state index is 0. The molecule has 0 aliphatic carbocycles. The molecule has 0 aromatic heterocycles. The van der Waals surface area contributed by atoms with Gasteiger partial charge in [0.1, 0.15) is 0 Å². The summed E-state index contributed by atoms with van der Waals surface area (Å²) in [6.45, 7) is 0. The second-order valence-corrected chi connectivity index (χ2v) is 0. The molecule has 0 saturated heterocycles. The van der Waals surface area contributed by atoms with Crippen molar-refractivity contribution in [2.24, 2.45) is 0 Å². The van der Waals surface area contributed by atoms with Crippen molar-refractivity contribution < 1.29 is 72.6 Å². The smallest absolute Gasteiger partial charge is 0 e. The van der Waals surface area contributed by atoms with Crippen LogP contribution in [0.5, 0.6) is 0 Å². The summed E-state index contributed by atoms with van der Waals surface area (Å²) in [6, 6.07) is 0. The molecule has 0 unspecified atom stereocenters. The van der Waals surface area contributed by atoms with E-state index in [-0.39, 0.29) is 119 Å². The summed E-state index contributed by atoms with van der Waals surface area (Å²) in [7, 11) is 0. The van der Waals surface area contributed by atoms with Gasteiger partial charge in [-0.1, -0.05) is 0 Å². The van der Waals surface area contributed by atoms with Gasteiger partial charge in [-0.05, 0) is 0 Å². The fourth-order valence-electron chi connectivity index (χ4n) is 0. The number of hydrogen-bond acceptors (Lipinski definition) is 0. The van der Waals surface area contributed by atoms with Crippen LogP contribution in [0.25, 0.3) is 0 Å². The minimum atomic E-state index is 0. The maximum atomic E-state index is 0. The molecule has 1 radical (unpaired) electrons. The van der Waals surface area contributed by atoms with Gasteiger partial charge in [0.25, 0.3) is 0 Å². The van der Waals surface area contributed by atoms with Crippen LogP contribution >= 0.6 is 0 Å². The van der Waals surface area contributed by atoms with Gasteiger partial charge >= 0.3 is 46.1 Å². The van der Waals surface area contributed by atoms with Gasteiger partial charge in [0.15, 0.2) is 0 Å². The van der Waals surface area contributed by atoms with Crippen LogP contribution in [0.4, 0.5) is 0 Å². The third-order valence-corrected chi connectivity index (χ3v) is 0. The van der Waals surface area contributed by atoms with E-state index in [2.05, 4.69) is 0 Å². The van der Waals surface area contributed by atoms with E-state index in [0.29, 0.717) is 0 Å². The molecule has 0 fully saturated rings. The Balaban J connectivity index is 0. The van der Waals surface area contributed by atoms with Gasteiger partial charge in [-0.2, -0.15) is 0 Å². The largest absolute Gasteiger partial charge is 0.316 e. The van der Waals surface area contributed by atoms with E-state index in [1.54, 1.807) is 0 Å². The third-order valence-electron chi connectivity index (χ3n) is 0. The molecular weight excluding hydrogens is 295 g/mol. The zero-order valence-corrected chi connectivity index (χ0v) is 6.04. The molecule has 0 N–H and O–H groups in total. The normalized spacial score (nSPS) is 0. The van der Waals surface area contributed by atoms with Crippen molar-refractivity contribution in [2.45, 2.75) is 0 Å². The van der Waals surface area contributed by atoms with E-state index >= 15 is 0 Å². The Bertz CT molecular complexity index is 6.00. The first-order valence-electron chi connectivity index (χ1n) is 0. The SMILES string of the molecule is [Gd].[MgH2].[MgH2].[Y]. The molecule has 4 heteroatoms. The van der Waals surface area contributed by atoms with E-state index in [1.165, 1.54) is 0 Å². The van der Waals surface area contributed by atoms with Crippen LogP contribution in [0.2, 0.25) is 0 Å². The predicted octanol–water partition coefficient (Wildman–Crippen LogP) is -1.83. The molecule has 0 bridgehead atoms. The van der Waals surface area contributed by atoms with Crippen LogP contribution in [0, 0.1) is 39.9 Å². The fraction of sp³-hybridized carbons (Fsp3) is 0. The van der Waals surface area contributed by atoms with Crippen LogP contribution in [0.15, 0.2) is 0 Å². The summed E-state index contributed by atoms with van der Waals surface area (Å²) in [6.07, 6.45) is 0. The van der Waals surface area contributed by atoms with E-state index in [1.807, 2.05) is 0 Å². The first-order valence-corrected chi connectivity index (χ1v) is 0. The molecule has 4 heavy (non-hydrogen) atoms. The molecule has 0 amide bonds. The van der Waals surface area contributed by atoms with Gasteiger partial charge < -0.3 is 0 Å². The van der Waals surface area contributed by atoms with E-state index in [0.717, 1.165) is 0 Å². The van der Waals surface area contributed by atoms with Crippen molar-refractivity contribution in [3.05, 3.63) is 0 Å². The van der Waals surface area contributed by atoms with Gasteiger partial charge in [0.05, 0.1) is 0 Å². The van der Waals surface area contributed by atoms with Gasteiger partial charge in [-0.15, -0.1) is 0 Å². The average Bonchev–Trinajstić information content (AvgIpc) is 0. The topological polar surface area (TPSA) is 0 Å². The van der Waals surface area contributed by atoms with Crippen LogP contribution in [-0.4, -0.2) is 46.1 Å². The van der Waals surface area contributed by atoms with Gasteiger partial charge in [-0.3, -0.25) is 0 Å². The Morgan fingerprint density at radius 2 is 0.750 bits per heavy atom. The summed E-state index contributed by atoms with van der Waals surface area (Å²) >= 11 is 0. The Labute approximate surface area is 115 Å². The van der Waals surface area contributed by atoms with E-state index in [4.69, 9.17) is 0 Å². The Morgan fingerprint density at radius 1 is 0.750 bits per heavy atom. The van der Waals surface area contributed by atoms with Crippen LogP contribution in [0.3, 0.4) is 0 Å². The van der Waals surface area contributed by atoms with Crippen LogP contribution in [0.1, 0.15) is 0 Å². The molecule has 0 heterocycles. The number of rotatable bonds is 0. The summed E-state index contributed by atoms with van der Waals surface area (Å²) < 4.78 is 0. The van der Waals surface area contributed by atoms with Crippen molar-refractivity contribution in [1.29, 1.82) is 0 Å². The molecule has 0 aliphatic rings. The molecule has 0 atom stereocenters. The minimum absolute atomic E-state index is 0. The van der Waals surface area contributed by atoms with Crippen molar-refractivity contribution in [2.75, 3.05) is 0 Å². The fourth-order valence-corrected chi connectivity index (χ4v) is 0. The quantitative estimate of drug-likeness (QED) is 0.462. The molecule has 19 valence electrons. The van der Waals surface area contributed by atoms with Gasteiger partial charge in [0.2, 0.25) is 0 Å². The summed E-state index contributed by atoms with van der Waals surface area (Å²) in [5, 5.41) is 0. The maximum Gasteiger partial charge on any atom is 0.316 e. The molecule has 0 aromatic carbocycles. The monoisotopic (exact) mass is 299 g/mol. The van der Waals surface area contributed by atoms with Gasteiger partial charge in [-0.25, -0.2) is 0 Å². The molecule has 0 spiro atoms. The summed E-state index contributed by atoms with van der Waals surface area (Å²) in [4.78, 5) is 0. The molecule has 0 aliphatic heterocycles. The van der Waals surface area contributed by atoms with Crippen molar-refractivity contribution in [1.82, 2.24) is 0 Å². The van der Waals surface area contributed by atoms with Crippen molar-refractivity contribution in [3.63, 3.8) is 0 Å². The molecular formula is H4GdMg2Y. The van der Waals surface area contributed by atoms with Crippen molar-refractivity contribution in [3.8, 4) is 0 Å². The summed E-state index contributed by atoms with van der Waals surface area (Å²) in [5.41, 5.74) is 0. The predicted molar refractivity (Wildman–Crippen MR) is 17.1 cm³/mol. The Morgan fingerprint density at radius 3 is 0.750 bits per heavy atom. The molecule has 0 saturated carbocycles. The standard InChI is InChI=1S/Gd.2Mg.Y.4H. The average molecular weight is 299 g/mol. The minimum Gasteiger partial charge on any atom is 0 e. The molecule has 0 nitrogen and oxygen atoms in total. The zero-order chi connectivity index (χ0) is 0. The van der Waals surface area contributed by atoms with Crippen LogP contribution in [-0.2, 0) is 32.7 Å². The van der Waals surface area contributed by atoms with E-state index in [9.17, 15) is 0 Å².